The second-order valence-electron chi connectivity index (χ2n) is 4.12. The molecule has 1 rings (SSSR count). The summed E-state index contributed by atoms with van der Waals surface area (Å²) in [5, 5.41) is 8.14. The van der Waals surface area contributed by atoms with Gasteiger partial charge in [0.25, 0.3) is 0 Å². The highest BCUT2D eigenvalue weighted by atomic mass is 32.2. The van der Waals surface area contributed by atoms with E-state index in [2.05, 4.69) is 0 Å². The first-order valence-electron chi connectivity index (χ1n) is 5.30. The Labute approximate surface area is 110 Å². The van der Waals surface area contributed by atoms with E-state index in [4.69, 9.17) is 17.3 Å². The summed E-state index contributed by atoms with van der Waals surface area (Å²) in [5.41, 5.74) is 0. The summed E-state index contributed by atoms with van der Waals surface area (Å²) in [7, 11) is 3.93. The van der Waals surface area contributed by atoms with Gasteiger partial charge in [-0.1, -0.05) is 24.0 Å². The predicted molar refractivity (Wildman–Crippen MR) is 71.1 cm³/mol. The maximum absolute atomic E-state index is 11.9. The highest BCUT2D eigenvalue weighted by Gasteiger charge is 2.37. The van der Waals surface area contributed by atoms with Crippen molar-refractivity contribution in [3.63, 3.8) is 0 Å². The first-order chi connectivity index (χ1) is 7.91. The van der Waals surface area contributed by atoms with Crippen molar-refractivity contribution in [2.75, 3.05) is 27.2 Å². The Kier molecular flexibility index (Phi) is 5.35. The van der Waals surface area contributed by atoms with Gasteiger partial charge in [0.1, 0.15) is 9.57 Å². The molecule has 1 atom stereocenters. The van der Waals surface area contributed by atoms with E-state index >= 15 is 0 Å². The molecule has 0 aromatic carbocycles. The van der Waals surface area contributed by atoms with Crippen molar-refractivity contribution in [3.8, 4) is 0 Å². The van der Waals surface area contributed by atoms with Gasteiger partial charge in [-0.15, -0.1) is 0 Å². The summed E-state index contributed by atoms with van der Waals surface area (Å²) < 4.78 is 0.500. The molecule has 0 radical (unpaired) electrons. The van der Waals surface area contributed by atoms with Gasteiger partial charge in [-0.3, -0.25) is 14.5 Å². The summed E-state index contributed by atoms with van der Waals surface area (Å²) in [6.45, 7) is 1.44. The van der Waals surface area contributed by atoms with Crippen molar-refractivity contribution in [1.82, 2.24) is 9.80 Å². The smallest absolute Gasteiger partial charge is 0.305 e. The zero-order chi connectivity index (χ0) is 13.0. The Morgan fingerprint density at radius 3 is 2.76 bits per heavy atom. The lowest BCUT2D eigenvalue weighted by atomic mass is 10.2. The minimum Gasteiger partial charge on any atom is -0.481 e. The zero-order valence-corrected chi connectivity index (χ0v) is 11.5. The number of hydrogen-bond donors (Lipinski definition) is 1. The Hall–Kier alpha value is -0.660. The van der Waals surface area contributed by atoms with E-state index in [1.807, 2.05) is 19.0 Å². The summed E-state index contributed by atoms with van der Waals surface area (Å²) in [4.78, 5) is 26.0. The third-order valence-electron chi connectivity index (χ3n) is 2.35. The van der Waals surface area contributed by atoms with Crippen molar-refractivity contribution in [3.05, 3.63) is 0 Å². The summed E-state index contributed by atoms with van der Waals surface area (Å²) in [6.07, 6.45) is 0.674. The fourth-order valence-electron chi connectivity index (χ4n) is 1.53. The van der Waals surface area contributed by atoms with Crippen molar-refractivity contribution in [2.45, 2.75) is 18.1 Å². The van der Waals surface area contributed by atoms with Gasteiger partial charge in [0.15, 0.2) is 0 Å². The van der Waals surface area contributed by atoms with Crippen LogP contribution in [0.15, 0.2) is 0 Å². The molecule has 17 heavy (non-hydrogen) atoms. The first-order valence-corrected chi connectivity index (χ1v) is 6.59. The molecular weight excluding hydrogens is 260 g/mol. The number of amides is 1. The lowest BCUT2D eigenvalue weighted by Gasteiger charge is -2.16. The summed E-state index contributed by atoms with van der Waals surface area (Å²) in [5.74, 6) is -1.13. The van der Waals surface area contributed by atoms with Crippen molar-refractivity contribution < 1.29 is 14.7 Å². The quantitative estimate of drug-likeness (QED) is 0.719. The van der Waals surface area contributed by atoms with Gasteiger partial charge < -0.3 is 10.0 Å². The van der Waals surface area contributed by atoms with E-state index in [-0.39, 0.29) is 12.3 Å². The molecule has 1 amide bonds. The van der Waals surface area contributed by atoms with Gasteiger partial charge in [0.2, 0.25) is 5.91 Å². The molecule has 5 nitrogen and oxygen atoms in total. The number of carboxylic acids is 1. The number of carbonyl (C=O) groups excluding carboxylic acids is 1. The average Bonchev–Trinajstić information content (AvgIpc) is 2.44. The molecule has 0 spiro atoms. The van der Waals surface area contributed by atoms with Crippen LogP contribution in [0.3, 0.4) is 0 Å². The lowest BCUT2D eigenvalue weighted by Crippen LogP contribution is -2.34. The second-order valence-corrected chi connectivity index (χ2v) is 5.95. The molecule has 1 aliphatic rings. The molecule has 1 aliphatic heterocycles. The third-order valence-corrected chi connectivity index (χ3v) is 3.94. The number of thioether (sulfide) groups is 1. The van der Waals surface area contributed by atoms with Crippen LogP contribution in [0.2, 0.25) is 0 Å². The number of rotatable bonds is 6. The molecular formula is C10H16N2O3S2. The average molecular weight is 276 g/mol. The highest BCUT2D eigenvalue weighted by Crippen LogP contribution is 2.29. The van der Waals surface area contributed by atoms with Crippen LogP contribution >= 0.6 is 24.0 Å². The topological polar surface area (TPSA) is 60.9 Å². The van der Waals surface area contributed by atoms with E-state index in [0.717, 1.165) is 13.0 Å². The monoisotopic (exact) mass is 276 g/mol. The van der Waals surface area contributed by atoms with Gasteiger partial charge >= 0.3 is 5.97 Å². The van der Waals surface area contributed by atoms with E-state index in [0.29, 0.717) is 10.9 Å². The van der Waals surface area contributed by atoms with E-state index in [1.54, 1.807) is 0 Å². The molecule has 0 aromatic rings. The van der Waals surface area contributed by atoms with Crippen molar-refractivity contribution >= 4 is 40.2 Å². The van der Waals surface area contributed by atoms with Crippen LogP contribution in [-0.2, 0) is 9.59 Å². The molecule has 1 N–H and O–H groups in total. The van der Waals surface area contributed by atoms with Gasteiger partial charge in [-0.2, -0.15) is 0 Å². The molecule has 1 heterocycles. The van der Waals surface area contributed by atoms with Crippen LogP contribution in [0.4, 0.5) is 0 Å². The molecule has 0 aliphatic carbocycles. The minimum atomic E-state index is -0.964. The summed E-state index contributed by atoms with van der Waals surface area (Å²) >= 11 is 6.27. The van der Waals surface area contributed by atoms with Gasteiger partial charge in [-0.05, 0) is 27.1 Å². The number of carbonyl (C=O) groups is 2. The Balaban J connectivity index is 2.48. The van der Waals surface area contributed by atoms with Gasteiger partial charge in [0.05, 0.1) is 6.42 Å². The molecule has 7 heteroatoms. The van der Waals surface area contributed by atoms with Crippen LogP contribution in [0, 0.1) is 0 Å². The molecule has 0 saturated carbocycles. The van der Waals surface area contributed by atoms with Crippen LogP contribution in [0.5, 0.6) is 0 Å². The van der Waals surface area contributed by atoms with E-state index in [1.165, 1.54) is 16.7 Å². The van der Waals surface area contributed by atoms with Crippen LogP contribution in [0.1, 0.15) is 12.8 Å². The Bertz CT molecular complexity index is 334. The van der Waals surface area contributed by atoms with Gasteiger partial charge in [0, 0.05) is 6.54 Å². The molecule has 96 valence electrons. The van der Waals surface area contributed by atoms with Crippen LogP contribution in [-0.4, -0.2) is 63.5 Å². The molecule has 1 unspecified atom stereocenters. The number of nitrogens with zero attached hydrogens (tertiary/aromatic N) is 2. The number of thiocarbonyl (C=S) groups is 1. The van der Waals surface area contributed by atoms with Crippen molar-refractivity contribution in [2.24, 2.45) is 0 Å². The van der Waals surface area contributed by atoms with Gasteiger partial charge in [-0.25, -0.2) is 0 Å². The van der Waals surface area contributed by atoms with E-state index in [9.17, 15) is 9.59 Å². The van der Waals surface area contributed by atoms with Crippen molar-refractivity contribution in [1.29, 1.82) is 0 Å². The van der Waals surface area contributed by atoms with Crippen LogP contribution < -0.4 is 0 Å². The maximum Gasteiger partial charge on any atom is 0.305 e. The third kappa shape index (κ3) is 4.25. The first kappa shape index (κ1) is 14.4. The summed E-state index contributed by atoms with van der Waals surface area (Å²) in [6, 6.07) is 0. The van der Waals surface area contributed by atoms with Crippen LogP contribution in [0.25, 0.3) is 0 Å². The normalized spacial score (nSPS) is 20.4. The largest absolute Gasteiger partial charge is 0.481 e. The standard InChI is InChI=1S/C10H16N2O3S2/c1-11(2)4-3-5-12-9(15)7(6-8(13)14)17-10(12)16/h7H,3-6H2,1-2H3,(H,13,14). The maximum atomic E-state index is 11.9. The molecule has 0 aromatic heterocycles. The fourth-order valence-corrected chi connectivity index (χ4v) is 3.07. The molecule has 1 fully saturated rings. The number of aliphatic carboxylic acids is 1. The fraction of sp³-hybridized carbons (Fsp3) is 0.700. The zero-order valence-electron chi connectivity index (χ0n) is 9.88. The molecule has 0 bridgehead atoms. The number of carboxylic acid groups (broad SMARTS) is 1. The highest BCUT2D eigenvalue weighted by molar-refractivity contribution is 8.24. The minimum absolute atomic E-state index is 0.159. The Morgan fingerprint density at radius 1 is 1.59 bits per heavy atom. The van der Waals surface area contributed by atoms with E-state index < -0.39 is 11.2 Å². The Morgan fingerprint density at radius 2 is 2.24 bits per heavy atom. The lowest BCUT2D eigenvalue weighted by molar-refractivity contribution is -0.139. The predicted octanol–water partition coefficient (Wildman–Crippen LogP) is 0.642. The molecule has 1 saturated heterocycles. The number of hydrogen-bond acceptors (Lipinski definition) is 5. The SMILES string of the molecule is CN(C)CCCN1C(=O)C(CC(=O)O)SC1=S. The second kappa shape index (κ2) is 6.32.